The van der Waals surface area contributed by atoms with Crippen molar-refractivity contribution in [3.8, 4) is 0 Å². The molecular weight excluding hydrogens is 380 g/mol. The van der Waals surface area contributed by atoms with Crippen molar-refractivity contribution >= 4 is 11.6 Å². The van der Waals surface area contributed by atoms with Crippen LogP contribution in [0.15, 0.2) is 28.4 Å². The van der Waals surface area contributed by atoms with E-state index in [1.165, 1.54) is 6.08 Å². The topological polar surface area (TPSA) is 87.7 Å². The molecule has 5 heteroatoms. The van der Waals surface area contributed by atoms with Gasteiger partial charge in [0.1, 0.15) is 5.76 Å². The van der Waals surface area contributed by atoms with Crippen molar-refractivity contribution in [2.45, 2.75) is 78.4 Å². The summed E-state index contributed by atoms with van der Waals surface area (Å²) in [6.45, 7) is 11.1. The molecule has 0 spiro atoms. The second-order valence-electron chi connectivity index (χ2n) is 9.98. The number of carbonyl (C=O) groups is 2. The van der Waals surface area contributed by atoms with Gasteiger partial charge in [0.2, 0.25) is 0 Å². The minimum absolute atomic E-state index is 0.0909. The molecule has 1 heterocycles. The van der Waals surface area contributed by atoms with Crippen molar-refractivity contribution in [2.75, 3.05) is 0 Å². The molecule has 0 saturated heterocycles. The van der Waals surface area contributed by atoms with Crippen molar-refractivity contribution in [1.82, 2.24) is 0 Å². The molecular formula is C25H36O5. The van der Waals surface area contributed by atoms with Crippen LogP contribution >= 0.6 is 0 Å². The molecule has 0 radical (unpaired) electrons. The lowest BCUT2D eigenvalue weighted by molar-refractivity contribution is -0.225. The third-order valence-electron chi connectivity index (χ3n) is 7.87. The van der Waals surface area contributed by atoms with Gasteiger partial charge in [-0.25, -0.2) is 0 Å². The predicted molar refractivity (Wildman–Crippen MR) is 115 cm³/mol. The van der Waals surface area contributed by atoms with Crippen molar-refractivity contribution < 1.29 is 24.2 Å². The minimum atomic E-state index is -2.13. The monoisotopic (exact) mass is 416 g/mol. The summed E-state index contributed by atoms with van der Waals surface area (Å²) in [5, 5.41) is 23.8. The molecule has 2 saturated carbocycles. The van der Waals surface area contributed by atoms with E-state index in [2.05, 4.69) is 0 Å². The minimum Gasteiger partial charge on any atom is -0.469 e. The molecule has 0 amide bonds. The first-order valence-electron chi connectivity index (χ1n) is 11.2. The van der Waals surface area contributed by atoms with Gasteiger partial charge in [-0.15, -0.1) is 0 Å². The SMILES string of the molecule is CC(C)=CC(=O)[C@@]1(O)[C@@H](C)[C@@H]2CC[C@H](C)[C@@H]2C(=O)[C@]1(O)[C@H](C)CCc1occc1C. The van der Waals surface area contributed by atoms with E-state index in [0.717, 1.165) is 29.7 Å². The molecule has 30 heavy (non-hydrogen) atoms. The van der Waals surface area contributed by atoms with Gasteiger partial charge in [0, 0.05) is 12.3 Å². The van der Waals surface area contributed by atoms with Crippen LogP contribution in [0.3, 0.4) is 0 Å². The summed E-state index contributed by atoms with van der Waals surface area (Å²) in [5.74, 6) is -1.52. The van der Waals surface area contributed by atoms with Crippen LogP contribution < -0.4 is 0 Å². The van der Waals surface area contributed by atoms with Gasteiger partial charge >= 0.3 is 0 Å². The summed E-state index contributed by atoms with van der Waals surface area (Å²) in [4.78, 5) is 27.1. The molecule has 2 fully saturated rings. The van der Waals surface area contributed by atoms with E-state index in [9.17, 15) is 19.8 Å². The molecule has 0 unspecified atom stereocenters. The number of allylic oxidation sites excluding steroid dienone is 1. The molecule has 166 valence electrons. The summed E-state index contributed by atoms with van der Waals surface area (Å²) in [6.07, 6.45) is 5.61. The Kier molecular flexibility index (Phi) is 6.18. The third-order valence-corrected chi connectivity index (χ3v) is 7.87. The maximum absolute atomic E-state index is 13.8. The number of furan rings is 1. The van der Waals surface area contributed by atoms with Gasteiger partial charge < -0.3 is 14.6 Å². The number of rotatable bonds is 6. The zero-order valence-electron chi connectivity index (χ0n) is 19.1. The molecule has 5 nitrogen and oxygen atoms in total. The van der Waals surface area contributed by atoms with Crippen LogP contribution in [0, 0.1) is 36.5 Å². The smallest absolute Gasteiger partial charge is 0.190 e. The molecule has 0 aromatic carbocycles. The molecule has 1 aromatic heterocycles. The molecule has 0 bridgehead atoms. The zero-order valence-corrected chi connectivity index (χ0v) is 19.1. The predicted octanol–water partition coefficient (Wildman–Crippen LogP) is 4.04. The van der Waals surface area contributed by atoms with E-state index in [1.54, 1.807) is 27.0 Å². The quantitative estimate of drug-likeness (QED) is 0.684. The van der Waals surface area contributed by atoms with Crippen LogP contribution in [0.4, 0.5) is 0 Å². The molecule has 0 aliphatic heterocycles. The largest absolute Gasteiger partial charge is 0.469 e. The molecule has 2 N–H and O–H groups in total. The highest BCUT2D eigenvalue weighted by Gasteiger charge is 2.71. The normalized spacial score (nSPS) is 37.0. The highest BCUT2D eigenvalue weighted by Crippen LogP contribution is 2.56. The van der Waals surface area contributed by atoms with E-state index in [1.807, 2.05) is 26.8 Å². The van der Waals surface area contributed by atoms with Crippen LogP contribution in [-0.2, 0) is 16.0 Å². The first kappa shape index (κ1) is 23.0. The Morgan fingerprint density at radius 2 is 1.97 bits per heavy atom. The Bertz CT molecular complexity index is 847. The van der Waals surface area contributed by atoms with Crippen LogP contribution in [0.5, 0.6) is 0 Å². The molecule has 3 rings (SSSR count). The number of hydrogen-bond donors (Lipinski definition) is 2. The van der Waals surface area contributed by atoms with Gasteiger partial charge in [-0.3, -0.25) is 9.59 Å². The molecule has 7 atom stereocenters. The third kappa shape index (κ3) is 3.31. The van der Waals surface area contributed by atoms with Gasteiger partial charge in [-0.05, 0) is 81.4 Å². The summed E-state index contributed by atoms with van der Waals surface area (Å²) in [7, 11) is 0. The van der Waals surface area contributed by atoms with E-state index in [0.29, 0.717) is 12.8 Å². The highest BCUT2D eigenvalue weighted by atomic mass is 16.4. The molecule has 2 aliphatic rings. The number of ketones is 2. The Hall–Kier alpha value is -1.72. The first-order chi connectivity index (χ1) is 14.0. The van der Waals surface area contributed by atoms with Crippen LogP contribution in [-0.4, -0.2) is 33.0 Å². The van der Waals surface area contributed by atoms with Gasteiger partial charge in [0.25, 0.3) is 0 Å². The number of aryl methyl sites for hydroxylation is 2. The fourth-order valence-corrected chi connectivity index (χ4v) is 5.97. The average Bonchev–Trinajstić information content (AvgIpc) is 3.27. The van der Waals surface area contributed by atoms with Crippen molar-refractivity contribution in [3.05, 3.63) is 35.3 Å². The fourth-order valence-electron chi connectivity index (χ4n) is 5.97. The average molecular weight is 417 g/mol. The maximum Gasteiger partial charge on any atom is 0.190 e. The summed E-state index contributed by atoms with van der Waals surface area (Å²) >= 11 is 0. The lowest BCUT2D eigenvalue weighted by Crippen LogP contribution is -2.75. The van der Waals surface area contributed by atoms with E-state index in [-0.39, 0.29) is 23.5 Å². The standard InChI is InChI=1S/C25H36O5/c1-14(2)13-21(26)25(29)18(6)19-9-7-16(4)22(19)23(27)24(25,28)17(5)8-10-20-15(3)11-12-30-20/h11-13,16-19,22,28-29H,7-10H2,1-6H3/t16-,17+,18-,19-,22-,24+,25-/m0/s1. The molecule has 1 aromatic rings. The number of hydrogen-bond acceptors (Lipinski definition) is 5. The highest BCUT2D eigenvalue weighted by molar-refractivity contribution is 6.06. The number of aliphatic hydroxyl groups is 2. The lowest BCUT2D eigenvalue weighted by Gasteiger charge is -2.55. The van der Waals surface area contributed by atoms with Gasteiger partial charge in [-0.2, -0.15) is 0 Å². The van der Waals surface area contributed by atoms with E-state index in [4.69, 9.17) is 4.42 Å². The van der Waals surface area contributed by atoms with E-state index >= 15 is 0 Å². The fraction of sp³-hybridized carbons (Fsp3) is 0.680. The summed E-state index contributed by atoms with van der Waals surface area (Å²) in [6, 6.07) is 1.88. The number of Topliss-reactive ketones (excluding diaryl/α,β-unsaturated/α-hetero) is 1. The van der Waals surface area contributed by atoms with Crippen LogP contribution in [0.1, 0.15) is 65.2 Å². The number of fused-ring (bicyclic) bond motifs is 1. The lowest BCUT2D eigenvalue weighted by atomic mass is 9.52. The van der Waals surface area contributed by atoms with Crippen LogP contribution in [0.25, 0.3) is 0 Å². The van der Waals surface area contributed by atoms with Gasteiger partial charge in [-0.1, -0.05) is 26.3 Å². The number of carbonyl (C=O) groups excluding carboxylic acids is 2. The van der Waals surface area contributed by atoms with Crippen molar-refractivity contribution in [2.24, 2.45) is 29.6 Å². The first-order valence-corrected chi connectivity index (χ1v) is 11.2. The van der Waals surface area contributed by atoms with Gasteiger partial charge in [0.05, 0.1) is 6.26 Å². The zero-order chi connectivity index (χ0) is 22.4. The Morgan fingerprint density at radius 3 is 2.53 bits per heavy atom. The van der Waals surface area contributed by atoms with Crippen LogP contribution in [0.2, 0.25) is 0 Å². The Morgan fingerprint density at radius 1 is 1.30 bits per heavy atom. The molecule has 2 aliphatic carbocycles. The van der Waals surface area contributed by atoms with Crippen molar-refractivity contribution in [3.63, 3.8) is 0 Å². The maximum atomic E-state index is 13.8. The summed E-state index contributed by atoms with van der Waals surface area (Å²) in [5.41, 5.74) is -2.52. The Balaban J connectivity index is 2.04. The second-order valence-corrected chi connectivity index (χ2v) is 9.98. The summed E-state index contributed by atoms with van der Waals surface area (Å²) < 4.78 is 5.52. The van der Waals surface area contributed by atoms with Gasteiger partial charge in [0.15, 0.2) is 22.8 Å². The van der Waals surface area contributed by atoms with E-state index < -0.39 is 28.8 Å². The second kappa shape index (κ2) is 8.08. The van der Waals surface area contributed by atoms with Crippen molar-refractivity contribution in [1.29, 1.82) is 0 Å². The Labute approximate surface area is 179 Å².